The van der Waals surface area contributed by atoms with Crippen LogP contribution in [0, 0.1) is 34.5 Å². The number of hydrogen-bond acceptors (Lipinski definition) is 1. The lowest BCUT2D eigenvalue weighted by Crippen LogP contribution is -2.49. The van der Waals surface area contributed by atoms with Gasteiger partial charge >= 0.3 is 0 Å². The van der Waals surface area contributed by atoms with Crippen molar-refractivity contribution in [1.29, 1.82) is 0 Å². The van der Waals surface area contributed by atoms with E-state index in [1.54, 1.807) is 5.57 Å². The lowest BCUT2D eigenvalue weighted by molar-refractivity contribution is -0.0474. The average molecular weight is 298 g/mol. The Labute approximate surface area is 135 Å². The molecular formula is C21H30O. The molecule has 0 unspecified atom stereocenters. The normalized spacial score (nSPS) is 52.0. The fourth-order valence-corrected chi connectivity index (χ4v) is 7.42. The van der Waals surface area contributed by atoms with Crippen molar-refractivity contribution >= 4 is 0 Å². The Morgan fingerprint density at radius 2 is 2.00 bits per heavy atom. The van der Waals surface area contributed by atoms with Crippen molar-refractivity contribution in [1.82, 2.24) is 0 Å². The maximum Gasteiger partial charge on any atom is 0.165 e. The Balaban J connectivity index is 1.49. The molecule has 3 fully saturated rings. The van der Waals surface area contributed by atoms with Gasteiger partial charge in [0.2, 0.25) is 0 Å². The number of fused-ring (bicyclic) bond motifs is 5. The topological polar surface area (TPSA) is 12.5 Å². The molecule has 0 spiro atoms. The maximum atomic E-state index is 5.71. The van der Waals surface area contributed by atoms with Crippen molar-refractivity contribution in [2.75, 3.05) is 0 Å². The summed E-state index contributed by atoms with van der Waals surface area (Å²) in [6.45, 7) is 7.64. The minimum atomic E-state index is 0.421. The zero-order chi connectivity index (χ0) is 15.1. The van der Waals surface area contributed by atoms with Gasteiger partial charge in [0, 0.05) is 6.42 Å². The molecule has 1 heteroatoms. The molecular weight excluding hydrogens is 268 g/mol. The van der Waals surface area contributed by atoms with Crippen molar-refractivity contribution in [2.45, 2.75) is 72.1 Å². The van der Waals surface area contributed by atoms with E-state index in [9.17, 15) is 0 Å². The summed E-state index contributed by atoms with van der Waals surface area (Å²) < 4.78 is 5.71. The van der Waals surface area contributed by atoms with Crippen molar-refractivity contribution < 1.29 is 4.74 Å². The Hall–Kier alpha value is -0.720. The molecule has 0 saturated heterocycles. The zero-order valence-corrected chi connectivity index (χ0v) is 14.5. The highest BCUT2D eigenvalue weighted by molar-refractivity contribution is 5.42. The van der Waals surface area contributed by atoms with Gasteiger partial charge in [0.1, 0.15) is 5.76 Å². The monoisotopic (exact) mass is 298 g/mol. The second kappa shape index (κ2) is 4.22. The summed E-state index contributed by atoms with van der Waals surface area (Å²) in [7, 11) is 0. The Bertz CT molecular complexity index is 585. The molecule has 0 amide bonds. The van der Waals surface area contributed by atoms with Crippen molar-refractivity contribution in [2.24, 2.45) is 34.5 Å². The van der Waals surface area contributed by atoms with E-state index < -0.39 is 0 Å². The summed E-state index contributed by atoms with van der Waals surface area (Å²) in [5.41, 5.74) is 2.80. The predicted molar refractivity (Wildman–Crippen MR) is 89.0 cm³/mol. The van der Waals surface area contributed by atoms with Crippen LogP contribution in [0.5, 0.6) is 0 Å². The highest BCUT2D eigenvalue weighted by Gasteiger charge is 2.59. The third kappa shape index (κ3) is 1.56. The summed E-state index contributed by atoms with van der Waals surface area (Å²) >= 11 is 0. The van der Waals surface area contributed by atoms with Crippen LogP contribution in [-0.2, 0) is 4.74 Å². The number of ether oxygens (including phenoxy) is 1. The van der Waals surface area contributed by atoms with E-state index in [1.807, 2.05) is 0 Å². The molecule has 0 aromatic rings. The van der Waals surface area contributed by atoms with E-state index in [-0.39, 0.29) is 0 Å². The van der Waals surface area contributed by atoms with Crippen LogP contribution in [0.4, 0.5) is 0 Å². The van der Waals surface area contributed by atoms with Gasteiger partial charge in [-0.15, -0.1) is 0 Å². The molecule has 1 aliphatic heterocycles. The molecule has 0 aromatic heterocycles. The third-order valence-electron chi connectivity index (χ3n) is 8.72. The number of allylic oxidation sites excluding steroid dienone is 3. The molecule has 0 radical (unpaired) electrons. The summed E-state index contributed by atoms with van der Waals surface area (Å²) in [5, 5.41) is 0. The smallest absolute Gasteiger partial charge is 0.165 e. The lowest BCUT2D eigenvalue weighted by Gasteiger charge is -2.57. The molecule has 0 aromatic carbocycles. The Kier molecular flexibility index (Phi) is 2.63. The second-order valence-corrected chi connectivity index (χ2v) is 9.30. The molecule has 6 atom stereocenters. The molecule has 1 heterocycles. The zero-order valence-electron chi connectivity index (χ0n) is 14.5. The fraction of sp³-hybridized carbons (Fsp3) is 0.810. The van der Waals surface area contributed by atoms with Crippen molar-refractivity contribution in [3.05, 3.63) is 23.2 Å². The van der Waals surface area contributed by atoms with Crippen LogP contribution in [-0.4, -0.2) is 0 Å². The summed E-state index contributed by atoms with van der Waals surface area (Å²) in [5.74, 6) is 6.44. The quantitative estimate of drug-likeness (QED) is 0.593. The SMILES string of the molecule is CC[C@H]1CC[C@H]2[C@@H]3CCC4=CC5=C(C[C@]4(C)[C@H]3CC[C@]12C)O5. The van der Waals surface area contributed by atoms with Gasteiger partial charge in [-0.2, -0.15) is 0 Å². The fourth-order valence-electron chi connectivity index (χ4n) is 7.42. The molecule has 1 nitrogen and oxygen atoms in total. The first-order valence-corrected chi connectivity index (χ1v) is 9.68. The largest absolute Gasteiger partial charge is 0.454 e. The van der Waals surface area contributed by atoms with E-state index >= 15 is 0 Å². The van der Waals surface area contributed by atoms with E-state index in [4.69, 9.17) is 4.74 Å². The van der Waals surface area contributed by atoms with Gasteiger partial charge in [0.15, 0.2) is 5.76 Å². The van der Waals surface area contributed by atoms with Gasteiger partial charge in [-0.3, -0.25) is 0 Å². The van der Waals surface area contributed by atoms with Crippen LogP contribution in [0.1, 0.15) is 72.1 Å². The van der Waals surface area contributed by atoms with E-state index in [0.717, 1.165) is 23.7 Å². The number of hydrogen-bond donors (Lipinski definition) is 0. The maximum absolute atomic E-state index is 5.71. The minimum Gasteiger partial charge on any atom is -0.454 e. The summed E-state index contributed by atoms with van der Waals surface area (Å²) in [4.78, 5) is 0. The van der Waals surface area contributed by atoms with Gasteiger partial charge in [-0.05, 0) is 79.1 Å². The first-order valence-electron chi connectivity index (χ1n) is 9.68. The van der Waals surface area contributed by atoms with Gasteiger partial charge < -0.3 is 4.74 Å². The first kappa shape index (κ1) is 13.7. The van der Waals surface area contributed by atoms with Gasteiger partial charge in [-0.25, -0.2) is 0 Å². The van der Waals surface area contributed by atoms with Crippen LogP contribution in [0.15, 0.2) is 23.2 Å². The molecule has 120 valence electrons. The highest BCUT2D eigenvalue weighted by Crippen LogP contribution is 2.68. The van der Waals surface area contributed by atoms with E-state index in [0.29, 0.717) is 10.8 Å². The van der Waals surface area contributed by atoms with Gasteiger partial charge in [0.05, 0.1) is 0 Å². The molecule has 5 aliphatic rings. The van der Waals surface area contributed by atoms with Crippen molar-refractivity contribution in [3.8, 4) is 0 Å². The number of rotatable bonds is 1. The van der Waals surface area contributed by atoms with Gasteiger partial charge in [0.25, 0.3) is 0 Å². The summed E-state index contributed by atoms with van der Waals surface area (Å²) in [6, 6.07) is 0. The minimum absolute atomic E-state index is 0.421. The molecule has 22 heavy (non-hydrogen) atoms. The van der Waals surface area contributed by atoms with Crippen LogP contribution in [0.25, 0.3) is 0 Å². The standard InChI is InChI=1S/C21H30O/c1-4-13-6-8-16-15-7-5-14-11-18-19(22-18)12-21(14,3)17(15)9-10-20(13,16)2/h11,13,15-17H,4-10,12H2,1-3H3/t13-,15-,16-,17-,20+,21-/m0/s1. The van der Waals surface area contributed by atoms with Crippen molar-refractivity contribution in [3.63, 3.8) is 0 Å². The Morgan fingerprint density at radius 3 is 2.82 bits per heavy atom. The average Bonchev–Trinajstić information content (AvgIpc) is 3.14. The molecule has 3 saturated carbocycles. The molecule has 0 N–H and O–H groups in total. The van der Waals surface area contributed by atoms with E-state index in [2.05, 4.69) is 26.8 Å². The van der Waals surface area contributed by atoms with Crippen LogP contribution in [0.2, 0.25) is 0 Å². The van der Waals surface area contributed by atoms with Crippen LogP contribution in [0.3, 0.4) is 0 Å². The molecule has 0 bridgehead atoms. The van der Waals surface area contributed by atoms with Gasteiger partial charge in [-0.1, -0.05) is 32.8 Å². The van der Waals surface area contributed by atoms with Crippen LogP contribution < -0.4 is 0 Å². The third-order valence-corrected chi connectivity index (χ3v) is 8.72. The van der Waals surface area contributed by atoms with E-state index in [1.165, 1.54) is 62.9 Å². The van der Waals surface area contributed by atoms with Crippen LogP contribution >= 0.6 is 0 Å². The molecule has 4 aliphatic carbocycles. The first-order chi connectivity index (χ1) is 10.6. The summed E-state index contributed by atoms with van der Waals surface area (Å²) in [6.07, 6.45) is 13.7. The molecule has 5 rings (SSSR count). The lowest BCUT2D eigenvalue weighted by atomic mass is 9.47. The highest BCUT2D eigenvalue weighted by atomic mass is 16.6. The Morgan fingerprint density at radius 1 is 1.14 bits per heavy atom. The second-order valence-electron chi connectivity index (χ2n) is 9.30. The predicted octanol–water partition coefficient (Wildman–Crippen LogP) is 5.83.